The van der Waals surface area contributed by atoms with Crippen LogP contribution in [0.15, 0.2) is 36.5 Å². The van der Waals surface area contributed by atoms with Crippen molar-refractivity contribution in [3.63, 3.8) is 0 Å². The summed E-state index contributed by atoms with van der Waals surface area (Å²) in [4.78, 5) is 14.1. The molecule has 0 amide bonds. The lowest BCUT2D eigenvalue weighted by molar-refractivity contribution is -0.404. The summed E-state index contributed by atoms with van der Waals surface area (Å²) in [5.41, 5.74) is 0.978. The van der Waals surface area contributed by atoms with Crippen molar-refractivity contribution >= 4 is 8.07 Å². The van der Waals surface area contributed by atoms with Crippen LogP contribution in [0.3, 0.4) is 0 Å². The fourth-order valence-electron chi connectivity index (χ4n) is 1.32. The molecule has 0 aliphatic carbocycles. The van der Waals surface area contributed by atoms with Crippen molar-refractivity contribution in [2.75, 3.05) is 6.17 Å². The molecular weight excluding hydrogens is 260 g/mol. The number of pyridine rings is 1. The molecule has 0 bridgehead atoms. The predicted molar refractivity (Wildman–Crippen MR) is 77.5 cm³/mol. The van der Waals surface area contributed by atoms with Crippen LogP contribution in [0, 0.1) is 10.1 Å². The minimum Gasteiger partial charge on any atom is -0.370 e. The van der Waals surface area contributed by atoms with Gasteiger partial charge in [0, 0.05) is 25.1 Å². The van der Waals surface area contributed by atoms with Gasteiger partial charge < -0.3 is 10.6 Å². The lowest BCUT2D eigenvalue weighted by Gasteiger charge is -2.19. The summed E-state index contributed by atoms with van der Waals surface area (Å²) in [6.07, 6.45) is 5.18. The molecule has 0 unspecified atom stereocenters. The van der Waals surface area contributed by atoms with Crippen LogP contribution in [-0.4, -0.2) is 24.1 Å². The number of nitrogens with zero attached hydrogens (tertiary/aromatic N) is 2. The Morgan fingerprint density at radius 1 is 1.47 bits per heavy atom. The first-order valence-corrected chi connectivity index (χ1v) is 9.79. The number of aromatic nitrogens is 1. The highest BCUT2D eigenvalue weighted by atomic mass is 28.3. The maximum Gasteiger partial charge on any atom is 0.274 e. The van der Waals surface area contributed by atoms with Crippen LogP contribution >= 0.6 is 0 Å². The molecule has 1 heterocycles. The highest BCUT2D eigenvalue weighted by molar-refractivity contribution is 6.76. The van der Waals surface area contributed by atoms with E-state index in [1.54, 1.807) is 12.4 Å². The average Bonchev–Trinajstić information content (AvgIpc) is 2.32. The zero-order valence-corrected chi connectivity index (χ0v) is 12.5. The Hall–Kier alpha value is -1.89. The molecule has 6 nitrogen and oxygen atoms in total. The molecule has 0 saturated carbocycles. The van der Waals surface area contributed by atoms with Crippen molar-refractivity contribution in [1.82, 2.24) is 15.6 Å². The van der Waals surface area contributed by atoms with Crippen LogP contribution in [0.1, 0.15) is 5.56 Å². The third kappa shape index (κ3) is 7.19. The van der Waals surface area contributed by atoms with E-state index in [4.69, 9.17) is 0 Å². The van der Waals surface area contributed by atoms with Gasteiger partial charge in [-0.05, 0) is 11.6 Å². The third-order valence-corrected chi connectivity index (χ3v) is 3.49. The van der Waals surface area contributed by atoms with Gasteiger partial charge in [-0.25, -0.2) is 0 Å². The van der Waals surface area contributed by atoms with Crippen molar-refractivity contribution in [3.8, 4) is 0 Å². The minimum atomic E-state index is -1.31. The first-order valence-electron chi connectivity index (χ1n) is 6.09. The SMILES string of the molecule is C[Si](C)(C)CN/C(=C\[N+](=O)[O-])NCc1cccnc1. The fraction of sp³-hybridized carbons (Fsp3) is 0.417. The van der Waals surface area contributed by atoms with E-state index in [9.17, 15) is 10.1 Å². The summed E-state index contributed by atoms with van der Waals surface area (Å²) in [7, 11) is -1.31. The second-order valence-electron chi connectivity index (χ2n) is 5.46. The molecule has 0 atom stereocenters. The van der Waals surface area contributed by atoms with Gasteiger partial charge in [-0.1, -0.05) is 25.7 Å². The second kappa shape index (κ2) is 6.88. The molecule has 104 valence electrons. The van der Waals surface area contributed by atoms with Gasteiger partial charge in [0.1, 0.15) is 0 Å². The van der Waals surface area contributed by atoms with Gasteiger partial charge in [0.2, 0.25) is 0 Å². The molecule has 1 aromatic heterocycles. The first kappa shape index (κ1) is 15.2. The van der Waals surface area contributed by atoms with Gasteiger partial charge in [-0.15, -0.1) is 0 Å². The molecular formula is C12H20N4O2Si. The number of hydrogen-bond donors (Lipinski definition) is 2. The lowest BCUT2D eigenvalue weighted by atomic mass is 10.3. The van der Waals surface area contributed by atoms with E-state index in [0.717, 1.165) is 17.9 Å². The normalized spacial score (nSPS) is 12.1. The molecule has 7 heteroatoms. The van der Waals surface area contributed by atoms with E-state index >= 15 is 0 Å². The predicted octanol–water partition coefficient (Wildman–Crippen LogP) is 1.71. The number of rotatable bonds is 7. The zero-order chi connectivity index (χ0) is 14.3. The van der Waals surface area contributed by atoms with Gasteiger partial charge in [0.25, 0.3) is 6.20 Å². The Balaban J connectivity index is 2.58. The van der Waals surface area contributed by atoms with Gasteiger partial charge >= 0.3 is 0 Å². The summed E-state index contributed by atoms with van der Waals surface area (Å²) in [6.45, 7) is 7.10. The molecule has 19 heavy (non-hydrogen) atoms. The number of nitro groups is 1. The Morgan fingerprint density at radius 2 is 2.21 bits per heavy atom. The molecule has 0 radical (unpaired) electrons. The van der Waals surface area contributed by atoms with Crippen molar-refractivity contribution < 1.29 is 4.92 Å². The second-order valence-corrected chi connectivity index (χ2v) is 10.9. The lowest BCUT2D eigenvalue weighted by Crippen LogP contribution is -2.39. The third-order valence-electron chi connectivity index (χ3n) is 2.25. The maximum absolute atomic E-state index is 10.6. The Morgan fingerprint density at radius 3 is 2.74 bits per heavy atom. The Kier molecular flexibility index (Phi) is 5.50. The van der Waals surface area contributed by atoms with Crippen LogP contribution in [0.5, 0.6) is 0 Å². The maximum atomic E-state index is 10.6. The van der Waals surface area contributed by atoms with Gasteiger partial charge in [0.05, 0.1) is 13.0 Å². The van der Waals surface area contributed by atoms with Crippen LogP contribution in [0.25, 0.3) is 0 Å². The Bertz CT molecular complexity index is 443. The van der Waals surface area contributed by atoms with Crippen molar-refractivity contribution in [1.29, 1.82) is 0 Å². The highest BCUT2D eigenvalue weighted by Crippen LogP contribution is 2.00. The van der Waals surface area contributed by atoms with E-state index in [-0.39, 0.29) is 0 Å². The zero-order valence-electron chi connectivity index (χ0n) is 11.5. The van der Waals surface area contributed by atoms with Crippen molar-refractivity contribution in [3.05, 3.63) is 52.2 Å². The monoisotopic (exact) mass is 280 g/mol. The van der Waals surface area contributed by atoms with E-state index in [2.05, 4.69) is 35.3 Å². The fourth-order valence-corrected chi connectivity index (χ4v) is 2.04. The standard InChI is InChI=1S/C12H20N4O2Si/c1-19(2,3)10-15-12(9-16(17)18)14-8-11-5-4-6-13-7-11/h4-7,9,14-15H,8,10H2,1-3H3/b12-9-. The van der Waals surface area contributed by atoms with E-state index in [1.807, 2.05) is 12.1 Å². The molecule has 0 saturated heterocycles. The van der Waals surface area contributed by atoms with E-state index < -0.39 is 13.0 Å². The number of hydrogen-bond acceptors (Lipinski definition) is 5. The molecule has 0 aromatic carbocycles. The Labute approximate surface area is 114 Å². The molecule has 0 fully saturated rings. The summed E-state index contributed by atoms with van der Waals surface area (Å²) < 4.78 is 0. The molecule has 0 spiro atoms. The smallest absolute Gasteiger partial charge is 0.274 e. The largest absolute Gasteiger partial charge is 0.370 e. The molecule has 1 aromatic rings. The van der Waals surface area contributed by atoms with Crippen molar-refractivity contribution in [2.45, 2.75) is 26.2 Å². The average molecular weight is 280 g/mol. The molecule has 0 aliphatic rings. The van der Waals surface area contributed by atoms with E-state index in [0.29, 0.717) is 12.4 Å². The summed E-state index contributed by atoms with van der Waals surface area (Å²) in [5.74, 6) is 0.441. The summed E-state index contributed by atoms with van der Waals surface area (Å²) in [5, 5.41) is 16.7. The first-order chi connectivity index (χ1) is 8.87. The quantitative estimate of drug-likeness (QED) is 0.451. The van der Waals surface area contributed by atoms with Crippen LogP contribution < -0.4 is 10.6 Å². The van der Waals surface area contributed by atoms with E-state index in [1.165, 1.54) is 0 Å². The van der Waals surface area contributed by atoms with Gasteiger partial charge in [-0.2, -0.15) is 0 Å². The van der Waals surface area contributed by atoms with Crippen LogP contribution in [-0.2, 0) is 6.54 Å². The number of nitrogens with one attached hydrogen (secondary N) is 2. The van der Waals surface area contributed by atoms with Crippen LogP contribution in [0.4, 0.5) is 0 Å². The van der Waals surface area contributed by atoms with Crippen LogP contribution in [0.2, 0.25) is 19.6 Å². The molecule has 2 N–H and O–H groups in total. The highest BCUT2D eigenvalue weighted by Gasteiger charge is 2.14. The van der Waals surface area contributed by atoms with Crippen molar-refractivity contribution in [2.24, 2.45) is 0 Å². The molecule has 1 rings (SSSR count). The molecule has 0 aliphatic heterocycles. The summed E-state index contributed by atoms with van der Waals surface area (Å²) >= 11 is 0. The van der Waals surface area contributed by atoms with Gasteiger partial charge in [0.15, 0.2) is 5.82 Å². The summed E-state index contributed by atoms with van der Waals surface area (Å²) in [6, 6.07) is 3.76. The minimum absolute atomic E-state index is 0.441. The van der Waals surface area contributed by atoms with Gasteiger partial charge in [-0.3, -0.25) is 15.1 Å². The topological polar surface area (TPSA) is 80.1 Å².